The van der Waals surface area contributed by atoms with Gasteiger partial charge in [-0.2, -0.15) is 0 Å². The Morgan fingerprint density at radius 1 is 0.417 bits per heavy atom. The van der Waals surface area contributed by atoms with Gasteiger partial charge in [-0.05, 0) is 24.2 Å². The standard InChI is InChI=1S/C18H38F4Si2/c1-3-5-7-9-11-15-23(19,20)17-13-14-18-24(21,22)16-12-10-8-6-4-2/h3-18H2,1-2H3. The zero-order chi connectivity index (χ0) is 18.3. The summed E-state index contributed by atoms with van der Waals surface area (Å²) in [6.07, 6.45) is 10.1. The fourth-order valence-electron chi connectivity index (χ4n) is 2.99. The number of hydrogen-bond donors (Lipinski definition) is 0. The predicted molar refractivity (Wildman–Crippen MR) is 102 cm³/mol. The molecule has 0 saturated carbocycles. The van der Waals surface area contributed by atoms with Gasteiger partial charge in [0.05, 0.1) is 0 Å². The first kappa shape index (κ1) is 24.2. The lowest BCUT2D eigenvalue weighted by Crippen LogP contribution is -2.24. The van der Waals surface area contributed by atoms with E-state index in [-0.39, 0.29) is 24.2 Å². The summed E-state index contributed by atoms with van der Waals surface area (Å²) in [5, 5.41) is 0. The van der Waals surface area contributed by atoms with Crippen LogP contribution in [0.25, 0.3) is 0 Å². The topological polar surface area (TPSA) is 0 Å². The van der Waals surface area contributed by atoms with E-state index < -0.39 is 17.5 Å². The molecule has 0 aromatic heterocycles. The SMILES string of the molecule is CCCCCCC[Si](F)(F)CCCC[Si](F)(F)CCCCCCC. The van der Waals surface area contributed by atoms with Gasteiger partial charge in [-0.15, -0.1) is 0 Å². The molecule has 0 bridgehead atoms. The van der Waals surface area contributed by atoms with E-state index in [1.54, 1.807) is 0 Å². The van der Waals surface area contributed by atoms with Gasteiger partial charge in [0.15, 0.2) is 0 Å². The first-order chi connectivity index (χ1) is 11.3. The van der Waals surface area contributed by atoms with Crippen LogP contribution in [0.5, 0.6) is 0 Å². The third-order valence-corrected chi connectivity index (χ3v) is 8.97. The first-order valence-electron chi connectivity index (χ1n) is 10.1. The molecule has 0 spiro atoms. The van der Waals surface area contributed by atoms with Crippen molar-refractivity contribution in [3.63, 3.8) is 0 Å². The molecule has 0 aromatic carbocycles. The number of unbranched alkanes of at least 4 members (excludes halogenated alkanes) is 9. The summed E-state index contributed by atoms with van der Waals surface area (Å²) in [5.41, 5.74) is 0. The van der Waals surface area contributed by atoms with Gasteiger partial charge in [-0.25, -0.2) is 0 Å². The van der Waals surface area contributed by atoms with Crippen molar-refractivity contribution >= 4 is 17.5 Å². The van der Waals surface area contributed by atoms with Crippen molar-refractivity contribution in [1.82, 2.24) is 0 Å². The van der Waals surface area contributed by atoms with Crippen LogP contribution in [0.3, 0.4) is 0 Å². The molecule has 0 aliphatic heterocycles. The molecule has 24 heavy (non-hydrogen) atoms. The van der Waals surface area contributed by atoms with Gasteiger partial charge in [0.25, 0.3) is 0 Å². The second-order valence-electron chi connectivity index (χ2n) is 7.25. The van der Waals surface area contributed by atoms with Crippen LogP contribution in [0.4, 0.5) is 16.4 Å². The lowest BCUT2D eigenvalue weighted by molar-refractivity contribution is 0.538. The summed E-state index contributed by atoms with van der Waals surface area (Å²) in [6.45, 7) is 4.21. The summed E-state index contributed by atoms with van der Waals surface area (Å²) in [6, 6.07) is -0.0482. The molecule has 0 aromatic rings. The largest absolute Gasteiger partial charge is 0.425 e. The molecule has 0 aliphatic rings. The van der Waals surface area contributed by atoms with Gasteiger partial charge >= 0.3 is 17.5 Å². The van der Waals surface area contributed by atoms with Crippen LogP contribution in [0, 0.1) is 0 Å². The fourth-order valence-corrected chi connectivity index (χ4v) is 6.56. The van der Waals surface area contributed by atoms with E-state index in [0.29, 0.717) is 25.7 Å². The average Bonchev–Trinajstić information content (AvgIpc) is 2.51. The maximum absolute atomic E-state index is 13.8. The van der Waals surface area contributed by atoms with Gasteiger partial charge in [-0.1, -0.05) is 90.9 Å². The molecule has 0 heterocycles. The van der Waals surface area contributed by atoms with Crippen LogP contribution in [0.1, 0.15) is 90.9 Å². The molecule has 0 radical (unpaired) electrons. The third kappa shape index (κ3) is 15.7. The molecule has 0 N–H and O–H groups in total. The van der Waals surface area contributed by atoms with Crippen molar-refractivity contribution < 1.29 is 16.4 Å². The Bertz CT molecular complexity index is 258. The third-order valence-electron chi connectivity index (χ3n) is 4.63. The molecular formula is C18H38F4Si2. The molecule has 0 fully saturated rings. The van der Waals surface area contributed by atoms with Crippen molar-refractivity contribution in [3.8, 4) is 0 Å². The van der Waals surface area contributed by atoms with Crippen molar-refractivity contribution in [2.45, 2.75) is 115 Å². The van der Waals surface area contributed by atoms with Crippen molar-refractivity contribution in [2.24, 2.45) is 0 Å². The summed E-state index contributed by atoms with van der Waals surface area (Å²) in [4.78, 5) is 0. The van der Waals surface area contributed by atoms with E-state index in [1.165, 1.54) is 0 Å². The molecule has 0 atom stereocenters. The van der Waals surface area contributed by atoms with E-state index in [0.717, 1.165) is 51.4 Å². The maximum Gasteiger partial charge on any atom is 0.425 e. The highest BCUT2D eigenvalue weighted by Crippen LogP contribution is 2.29. The first-order valence-corrected chi connectivity index (χ1v) is 14.4. The van der Waals surface area contributed by atoms with Crippen LogP contribution in [0.15, 0.2) is 0 Å². The van der Waals surface area contributed by atoms with Crippen molar-refractivity contribution in [3.05, 3.63) is 0 Å². The van der Waals surface area contributed by atoms with Crippen molar-refractivity contribution in [1.29, 1.82) is 0 Å². The molecular weight excluding hydrogens is 348 g/mol. The molecule has 0 rings (SSSR count). The Morgan fingerprint density at radius 3 is 0.958 bits per heavy atom. The van der Waals surface area contributed by atoms with E-state index >= 15 is 0 Å². The Labute approximate surface area is 149 Å². The van der Waals surface area contributed by atoms with Gasteiger partial charge in [0.2, 0.25) is 0 Å². The molecule has 0 amide bonds. The molecule has 0 saturated heterocycles. The number of halogens is 4. The monoisotopic (exact) mass is 386 g/mol. The number of hydrogen-bond acceptors (Lipinski definition) is 0. The number of rotatable bonds is 17. The van der Waals surface area contributed by atoms with Gasteiger partial charge in [-0.3, -0.25) is 16.4 Å². The minimum atomic E-state index is -4.13. The Balaban J connectivity index is 3.69. The molecule has 146 valence electrons. The van der Waals surface area contributed by atoms with Crippen LogP contribution in [-0.4, -0.2) is 17.5 Å². The fraction of sp³-hybridized carbons (Fsp3) is 1.00. The lowest BCUT2D eigenvalue weighted by atomic mass is 10.2. The second kappa shape index (κ2) is 14.3. The zero-order valence-corrected chi connectivity index (χ0v) is 17.8. The van der Waals surface area contributed by atoms with Gasteiger partial charge in [0, 0.05) is 0 Å². The molecule has 0 aliphatic carbocycles. The molecule has 0 nitrogen and oxygen atoms in total. The van der Waals surface area contributed by atoms with Crippen LogP contribution < -0.4 is 0 Å². The minimum absolute atomic E-state index is 0.0575. The zero-order valence-electron chi connectivity index (χ0n) is 15.8. The normalized spacial score (nSPS) is 12.8. The summed E-state index contributed by atoms with van der Waals surface area (Å²) < 4.78 is 55.3. The molecule has 0 unspecified atom stereocenters. The van der Waals surface area contributed by atoms with Crippen LogP contribution >= 0.6 is 0 Å². The summed E-state index contributed by atoms with van der Waals surface area (Å²) in [7, 11) is -8.26. The maximum atomic E-state index is 13.8. The van der Waals surface area contributed by atoms with E-state index in [9.17, 15) is 16.4 Å². The highest BCUT2D eigenvalue weighted by molar-refractivity contribution is 6.66. The Hall–Kier alpha value is 0.154. The smallest absolute Gasteiger partial charge is 0.270 e. The van der Waals surface area contributed by atoms with E-state index in [4.69, 9.17) is 0 Å². The Kier molecular flexibility index (Phi) is 14.4. The second-order valence-corrected chi connectivity index (χ2v) is 12.7. The average molecular weight is 387 g/mol. The summed E-state index contributed by atoms with van der Waals surface area (Å²) in [5.74, 6) is 0. The van der Waals surface area contributed by atoms with Crippen molar-refractivity contribution in [2.75, 3.05) is 0 Å². The van der Waals surface area contributed by atoms with Crippen LogP contribution in [-0.2, 0) is 0 Å². The summed E-state index contributed by atoms with van der Waals surface area (Å²) >= 11 is 0. The van der Waals surface area contributed by atoms with Crippen LogP contribution in [0.2, 0.25) is 24.2 Å². The van der Waals surface area contributed by atoms with E-state index in [2.05, 4.69) is 13.8 Å². The quantitative estimate of drug-likeness (QED) is 0.102. The Morgan fingerprint density at radius 2 is 0.667 bits per heavy atom. The predicted octanol–water partition coefficient (Wildman–Crippen LogP) is 8.47. The lowest BCUT2D eigenvalue weighted by Gasteiger charge is -2.15. The molecule has 6 heteroatoms. The van der Waals surface area contributed by atoms with E-state index in [1.807, 2.05) is 0 Å². The highest BCUT2D eigenvalue weighted by Gasteiger charge is 2.36. The van der Waals surface area contributed by atoms with Gasteiger partial charge < -0.3 is 0 Å². The minimum Gasteiger partial charge on any atom is -0.270 e. The van der Waals surface area contributed by atoms with Gasteiger partial charge in [0.1, 0.15) is 0 Å². The highest BCUT2D eigenvalue weighted by atomic mass is 28.4.